The smallest absolute Gasteiger partial charge is 0.261 e. The number of aromatic nitrogens is 1. The maximum absolute atomic E-state index is 12.8. The third-order valence-corrected chi connectivity index (χ3v) is 7.87. The number of anilines is 2. The van der Waals surface area contributed by atoms with E-state index in [0.717, 1.165) is 26.4 Å². The second-order valence-electron chi connectivity index (χ2n) is 8.02. The fraction of sp³-hybridized carbons (Fsp3) is 0.0370. The zero-order valence-corrected chi connectivity index (χ0v) is 20.4. The molecule has 0 aliphatic carbocycles. The minimum absolute atomic E-state index is 0.158. The minimum Gasteiger partial charge on any atom is -0.322 e. The van der Waals surface area contributed by atoms with Gasteiger partial charge in [-0.25, -0.2) is 13.4 Å². The van der Waals surface area contributed by atoms with Gasteiger partial charge in [0.15, 0.2) is 0 Å². The van der Waals surface area contributed by atoms with Gasteiger partial charge in [-0.1, -0.05) is 35.9 Å². The largest absolute Gasteiger partial charge is 0.322 e. The van der Waals surface area contributed by atoms with E-state index in [1.807, 2.05) is 55.5 Å². The second kappa shape index (κ2) is 9.32. The first-order chi connectivity index (χ1) is 16.9. The first kappa shape index (κ1) is 22.8. The lowest BCUT2D eigenvalue weighted by Crippen LogP contribution is -2.15. The van der Waals surface area contributed by atoms with Gasteiger partial charge in [-0.15, -0.1) is 11.3 Å². The maximum atomic E-state index is 12.8. The van der Waals surface area contributed by atoms with Gasteiger partial charge >= 0.3 is 0 Å². The van der Waals surface area contributed by atoms with E-state index >= 15 is 0 Å². The van der Waals surface area contributed by atoms with Crippen molar-refractivity contribution in [3.63, 3.8) is 0 Å². The third-order valence-electron chi connectivity index (χ3n) is 5.39. The van der Waals surface area contributed by atoms with Crippen molar-refractivity contribution in [3.8, 4) is 10.6 Å². The SMILES string of the molecule is Cc1ccc(S(=O)(=O)Nc2cccc(C(=O)Nc3ccc(-c4nc5ccccc5s4)cc3)c2)cc1. The molecule has 0 bridgehead atoms. The van der Waals surface area contributed by atoms with Gasteiger partial charge in [-0.2, -0.15) is 0 Å². The Kier molecular flexibility index (Phi) is 6.07. The lowest BCUT2D eigenvalue weighted by atomic mass is 10.1. The lowest BCUT2D eigenvalue weighted by Gasteiger charge is -2.10. The average Bonchev–Trinajstić information content (AvgIpc) is 3.29. The molecule has 1 amide bonds. The Morgan fingerprint density at radius 3 is 2.31 bits per heavy atom. The summed E-state index contributed by atoms with van der Waals surface area (Å²) < 4.78 is 29.0. The molecule has 174 valence electrons. The number of carbonyl (C=O) groups excluding carboxylic acids is 1. The number of rotatable bonds is 6. The maximum Gasteiger partial charge on any atom is 0.261 e. The monoisotopic (exact) mass is 499 g/mol. The lowest BCUT2D eigenvalue weighted by molar-refractivity contribution is 0.102. The quantitative estimate of drug-likeness (QED) is 0.286. The summed E-state index contributed by atoms with van der Waals surface area (Å²) >= 11 is 1.62. The van der Waals surface area contributed by atoms with Gasteiger partial charge in [0.2, 0.25) is 0 Å². The molecule has 5 aromatic rings. The number of fused-ring (bicyclic) bond motifs is 1. The van der Waals surface area contributed by atoms with E-state index < -0.39 is 10.0 Å². The molecule has 0 radical (unpaired) electrons. The van der Waals surface area contributed by atoms with Crippen molar-refractivity contribution in [1.29, 1.82) is 0 Å². The molecule has 5 rings (SSSR count). The third kappa shape index (κ3) is 5.08. The van der Waals surface area contributed by atoms with Crippen LogP contribution in [0.4, 0.5) is 11.4 Å². The Hall–Kier alpha value is -4.01. The molecule has 1 heterocycles. The predicted molar refractivity (Wildman–Crippen MR) is 141 cm³/mol. The number of nitrogens with zero attached hydrogens (tertiary/aromatic N) is 1. The van der Waals surface area contributed by atoms with Crippen LogP contribution in [0.15, 0.2) is 102 Å². The Labute approximate surface area is 207 Å². The predicted octanol–water partition coefficient (Wildman–Crippen LogP) is 6.32. The van der Waals surface area contributed by atoms with E-state index in [1.54, 1.807) is 53.8 Å². The number of nitrogens with one attached hydrogen (secondary N) is 2. The molecule has 6 nitrogen and oxygen atoms in total. The topological polar surface area (TPSA) is 88.2 Å². The number of hydrogen-bond donors (Lipinski definition) is 2. The van der Waals surface area contributed by atoms with Crippen molar-refractivity contribution >= 4 is 48.9 Å². The molecular weight excluding hydrogens is 478 g/mol. The van der Waals surface area contributed by atoms with Crippen LogP contribution in [0, 0.1) is 6.92 Å². The number of sulfonamides is 1. The summed E-state index contributed by atoms with van der Waals surface area (Å²) in [7, 11) is -3.76. The molecule has 0 spiro atoms. The van der Waals surface area contributed by atoms with E-state index in [0.29, 0.717) is 16.9 Å². The molecule has 0 aliphatic rings. The van der Waals surface area contributed by atoms with Crippen LogP contribution in [0.25, 0.3) is 20.8 Å². The number of aryl methyl sites for hydroxylation is 1. The fourth-order valence-electron chi connectivity index (χ4n) is 3.55. The van der Waals surface area contributed by atoms with Crippen molar-refractivity contribution < 1.29 is 13.2 Å². The molecule has 0 fully saturated rings. The Morgan fingerprint density at radius 1 is 0.829 bits per heavy atom. The molecular formula is C27H21N3O3S2. The molecule has 35 heavy (non-hydrogen) atoms. The summed E-state index contributed by atoms with van der Waals surface area (Å²) in [6.45, 7) is 1.89. The molecule has 0 unspecified atom stereocenters. The standard InChI is InChI=1S/C27H21N3O3S2/c1-18-9-15-23(16-10-18)35(32,33)30-22-6-4-5-20(17-22)26(31)28-21-13-11-19(12-14-21)27-29-24-7-2-3-8-25(24)34-27/h2-17,30H,1H3,(H,28,31). The summed E-state index contributed by atoms with van der Waals surface area (Å²) in [5.74, 6) is -0.339. The van der Waals surface area contributed by atoms with Gasteiger partial charge in [0, 0.05) is 22.5 Å². The van der Waals surface area contributed by atoms with E-state index in [2.05, 4.69) is 15.0 Å². The van der Waals surface area contributed by atoms with Gasteiger partial charge in [0.05, 0.1) is 15.1 Å². The van der Waals surface area contributed by atoms with Crippen LogP contribution in [-0.2, 0) is 10.0 Å². The number of amides is 1. The van der Waals surface area contributed by atoms with Crippen molar-refractivity contribution in [3.05, 3.63) is 108 Å². The Bertz CT molecular complexity index is 1590. The fourth-order valence-corrected chi connectivity index (χ4v) is 5.57. The Balaban J connectivity index is 1.29. The van der Waals surface area contributed by atoms with Crippen molar-refractivity contribution in [1.82, 2.24) is 4.98 Å². The molecule has 0 saturated carbocycles. The highest BCUT2D eigenvalue weighted by atomic mass is 32.2. The van der Waals surface area contributed by atoms with Crippen LogP contribution in [0.5, 0.6) is 0 Å². The van der Waals surface area contributed by atoms with Crippen molar-refractivity contribution in [2.24, 2.45) is 0 Å². The number of carbonyl (C=O) groups is 1. The number of benzene rings is 4. The van der Waals surface area contributed by atoms with Gasteiger partial charge in [0.1, 0.15) is 5.01 Å². The summed E-state index contributed by atoms with van der Waals surface area (Å²) in [6.07, 6.45) is 0. The van der Waals surface area contributed by atoms with Crippen molar-refractivity contribution in [2.45, 2.75) is 11.8 Å². The minimum atomic E-state index is -3.76. The van der Waals surface area contributed by atoms with E-state index in [-0.39, 0.29) is 10.8 Å². The van der Waals surface area contributed by atoms with Crippen LogP contribution in [0.1, 0.15) is 15.9 Å². The van der Waals surface area contributed by atoms with Gasteiger partial charge < -0.3 is 5.32 Å². The van der Waals surface area contributed by atoms with Gasteiger partial charge in [-0.3, -0.25) is 9.52 Å². The highest BCUT2D eigenvalue weighted by molar-refractivity contribution is 7.92. The summed E-state index contributed by atoms with van der Waals surface area (Å²) in [6, 6.07) is 28.4. The summed E-state index contributed by atoms with van der Waals surface area (Å²) in [4.78, 5) is 17.6. The van der Waals surface area contributed by atoms with E-state index in [4.69, 9.17) is 0 Å². The molecule has 4 aromatic carbocycles. The van der Waals surface area contributed by atoms with Crippen LogP contribution < -0.4 is 10.0 Å². The first-order valence-electron chi connectivity index (χ1n) is 10.8. The number of para-hydroxylation sites is 1. The number of hydrogen-bond acceptors (Lipinski definition) is 5. The molecule has 0 atom stereocenters. The van der Waals surface area contributed by atoms with Crippen LogP contribution in [0.3, 0.4) is 0 Å². The molecule has 2 N–H and O–H groups in total. The van der Waals surface area contributed by atoms with E-state index in [9.17, 15) is 13.2 Å². The van der Waals surface area contributed by atoms with Gasteiger partial charge in [0.25, 0.3) is 15.9 Å². The summed E-state index contributed by atoms with van der Waals surface area (Å²) in [5.41, 5.74) is 4.18. The molecule has 1 aromatic heterocycles. The Morgan fingerprint density at radius 2 is 1.57 bits per heavy atom. The van der Waals surface area contributed by atoms with Crippen LogP contribution >= 0.6 is 11.3 Å². The summed E-state index contributed by atoms with van der Waals surface area (Å²) in [5, 5.41) is 3.77. The first-order valence-corrected chi connectivity index (χ1v) is 13.1. The van der Waals surface area contributed by atoms with Crippen molar-refractivity contribution in [2.75, 3.05) is 10.0 Å². The van der Waals surface area contributed by atoms with Gasteiger partial charge in [-0.05, 0) is 73.7 Å². The zero-order valence-electron chi connectivity index (χ0n) is 18.7. The zero-order chi connectivity index (χ0) is 24.4. The second-order valence-corrected chi connectivity index (χ2v) is 10.7. The van der Waals surface area contributed by atoms with Crippen LogP contribution in [0.2, 0.25) is 0 Å². The molecule has 8 heteroatoms. The molecule has 0 aliphatic heterocycles. The highest BCUT2D eigenvalue weighted by Crippen LogP contribution is 2.30. The van der Waals surface area contributed by atoms with Crippen LogP contribution in [-0.4, -0.2) is 19.3 Å². The number of thiazole rings is 1. The average molecular weight is 500 g/mol. The highest BCUT2D eigenvalue weighted by Gasteiger charge is 2.15. The normalized spacial score (nSPS) is 11.3. The van der Waals surface area contributed by atoms with E-state index in [1.165, 1.54) is 6.07 Å². The molecule has 0 saturated heterocycles.